The smallest absolute Gasteiger partial charge is 0.324 e. The van der Waals surface area contributed by atoms with Crippen molar-refractivity contribution in [3.05, 3.63) is 60.2 Å². The monoisotopic (exact) mass is 401 g/mol. The number of sulfonamides is 1. The molecular formula is C19H19N3O5S. The Labute approximate surface area is 163 Å². The Morgan fingerprint density at radius 3 is 2.39 bits per heavy atom. The number of benzene rings is 2. The van der Waals surface area contributed by atoms with Crippen molar-refractivity contribution in [2.45, 2.75) is 30.9 Å². The quantitative estimate of drug-likeness (QED) is 0.682. The minimum absolute atomic E-state index is 0.0119. The third-order valence-corrected chi connectivity index (χ3v) is 5.22. The number of anilines is 1. The zero-order valence-corrected chi connectivity index (χ0v) is 16.1. The maximum atomic E-state index is 12.2. The second-order valence-electron chi connectivity index (χ2n) is 5.92. The molecule has 0 heterocycles. The van der Waals surface area contributed by atoms with Gasteiger partial charge in [0.05, 0.1) is 16.5 Å². The second-order valence-corrected chi connectivity index (χ2v) is 7.63. The van der Waals surface area contributed by atoms with Crippen molar-refractivity contribution in [1.82, 2.24) is 4.72 Å². The van der Waals surface area contributed by atoms with E-state index in [1.807, 2.05) is 6.07 Å². The number of hydrogen-bond acceptors (Lipinski definition) is 6. The van der Waals surface area contributed by atoms with Gasteiger partial charge < -0.3 is 10.1 Å². The number of carbonyl (C=O) groups excluding carboxylic acids is 2. The maximum Gasteiger partial charge on any atom is 0.324 e. The predicted molar refractivity (Wildman–Crippen MR) is 102 cm³/mol. The standard InChI is InChI=1S/C19H19N3O5S/c1-13(22-28(25,26)17-9-4-3-5-10-17)19(24)27-14(2)18(23)21-16-8-6-7-15(11-16)12-20/h3-11,13-14,22H,1-2H3,(H,21,23). The lowest BCUT2D eigenvalue weighted by Gasteiger charge is -2.17. The van der Waals surface area contributed by atoms with Crippen LogP contribution in [0.25, 0.3) is 0 Å². The van der Waals surface area contributed by atoms with E-state index >= 15 is 0 Å². The van der Waals surface area contributed by atoms with Crippen LogP contribution in [0.3, 0.4) is 0 Å². The van der Waals surface area contributed by atoms with Gasteiger partial charge in [0.2, 0.25) is 10.0 Å². The van der Waals surface area contributed by atoms with E-state index in [1.165, 1.54) is 32.0 Å². The first-order chi connectivity index (χ1) is 13.2. The molecule has 0 aliphatic heterocycles. The minimum Gasteiger partial charge on any atom is -0.451 e. The molecule has 2 unspecified atom stereocenters. The van der Waals surface area contributed by atoms with Crippen LogP contribution in [0.2, 0.25) is 0 Å². The van der Waals surface area contributed by atoms with Gasteiger partial charge in [-0.1, -0.05) is 24.3 Å². The fourth-order valence-corrected chi connectivity index (χ4v) is 3.40. The van der Waals surface area contributed by atoms with Crippen LogP contribution in [0.1, 0.15) is 19.4 Å². The van der Waals surface area contributed by atoms with Gasteiger partial charge in [-0.15, -0.1) is 0 Å². The van der Waals surface area contributed by atoms with Crippen molar-refractivity contribution in [3.63, 3.8) is 0 Å². The molecule has 1 amide bonds. The van der Waals surface area contributed by atoms with Crippen LogP contribution in [0.15, 0.2) is 59.5 Å². The van der Waals surface area contributed by atoms with Crippen LogP contribution in [0.5, 0.6) is 0 Å². The first-order valence-electron chi connectivity index (χ1n) is 8.32. The molecule has 146 valence electrons. The molecule has 0 radical (unpaired) electrons. The molecule has 8 nitrogen and oxygen atoms in total. The third-order valence-electron chi connectivity index (χ3n) is 3.66. The summed E-state index contributed by atoms with van der Waals surface area (Å²) in [6.45, 7) is 2.68. The number of nitrogens with zero attached hydrogens (tertiary/aromatic N) is 1. The number of hydrogen-bond donors (Lipinski definition) is 2. The number of carbonyl (C=O) groups is 2. The van der Waals surface area contributed by atoms with Crippen molar-refractivity contribution in [1.29, 1.82) is 5.26 Å². The largest absolute Gasteiger partial charge is 0.451 e. The number of ether oxygens (including phenoxy) is 1. The number of amides is 1. The average molecular weight is 401 g/mol. The number of nitriles is 1. The van der Waals surface area contributed by atoms with Gasteiger partial charge >= 0.3 is 5.97 Å². The second kappa shape index (κ2) is 9.12. The summed E-state index contributed by atoms with van der Waals surface area (Å²) in [5.74, 6) is -1.51. The van der Waals surface area contributed by atoms with Crippen LogP contribution in [-0.2, 0) is 24.3 Å². The zero-order chi connectivity index (χ0) is 20.7. The van der Waals surface area contributed by atoms with E-state index < -0.39 is 34.0 Å². The molecule has 0 spiro atoms. The van der Waals surface area contributed by atoms with E-state index in [0.717, 1.165) is 0 Å². The molecule has 2 rings (SSSR count). The van der Waals surface area contributed by atoms with E-state index in [9.17, 15) is 18.0 Å². The summed E-state index contributed by atoms with van der Waals surface area (Å²) >= 11 is 0. The molecule has 0 saturated heterocycles. The van der Waals surface area contributed by atoms with Crippen LogP contribution in [0, 0.1) is 11.3 Å². The summed E-state index contributed by atoms with van der Waals surface area (Å²) in [5.41, 5.74) is 0.746. The molecule has 9 heteroatoms. The lowest BCUT2D eigenvalue weighted by atomic mass is 10.2. The minimum atomic E-state index is -3.90. The predicted octanol–water partition coefficient (Wildman–Crippen LogP) is 1.80. The Kier molecular flexibility index (Phi) is 6.87. The molecule has 0 aromatic heterocycles. The van der Waals surface area contributed by atoms with Gasteiger partial charge in [-0.25, -0.2) is 8.42 Å². The van der Waals surface area contributed by atoms with Gasteiger partial charge in [-0.3, -0.25) is 9.59 Å². The third kappa shape index (κ3) is 5.64. The van der Waals surface area contributed by atoms with Gasteiger partial charge in [-0.05, 0) is 44.2 Å². The lowest BCUT2D eigenvalue weighted by Crippen LogP contribution is -2.42. The summed E-state index contributed by atoms with van der Waals surface area (Å²) in [6.07, 6.45) is -1.16. The maximum absolute atomic E-state index is 12.2. The van der Waals surface area contributed by atoms with Crippen LogP contribution in [-0.4, -0.2) is 32.4 Å². The molecule has 0 saturated carbocycles. The Hall–Kier alpha value is -3.22. The average Bonchev–Trinajstić information content (AvgIpc) is 2.68. The first kappa shape index (κ1) is 21.1. The van der Waals surface area contributed by atoms with Crippen molar-refractivity contribution >= 4 is 27.6 Å². The Balaban J connectivity index is 1.95. The molecule has 0 fully saturated rings. The van der Waals surface area contributed by atoms with Crippen molar-refractivity contribution in [2.24, 2.45) is 0 Å². The zero-order valence-electron chi connectivity index (χ0n) is 15.2. The summed E-state index contributed by atoms with van der Waals surface area (Å²) in [7, 11) is -3.90. The van der Waals surface area contributed by atoms with E-state index in [0.29, 0.717) is 11.3 Å². The summed E-state index contributed by atoms with van der Waals surface area (Å²) in [6, 6.07) is 14.6. The highest BCUT2D eigenvalue weighted by Crippen LogP contribution is 2.12. The Morgan fingerprint density at radius 2 is 1.75 bits per heavy atom. The van der Waals surface area contributed by atoms with Crippen LogP contribution in [0.4, 0.5) is 5.69 Å². The van der Waals surface area contributed by atoms with E-state index in [2.05, 4.69) is 10.0 Å². The van der Waals surface area contributed by atoms with Crippen LogP contribution < -0.4 is 10.0 Å². The van der Waals surface area contributed by atoms with Gasteiger partial charge in [0.25, 0.3) is 5.91 Å². The van der Waals surface area contributed by atoms with Gasteiger partial charge in [-0.2, -0.15) is 9.98 Å². The highest BCUT2D eigenvalue weighted by molar-refractivity contribution is 7.89. The topological polar surface area (TPSA) is 125 Å². The number of nitrogens with one attached hydrogen (secondary N) is 2. The number of rotatable bonds is 7. The SMILES string of the molecule is CC(NS(=O)(=O)c1ccccc1)C(=O)OC(C)C(=O)Nc1cccc(C#N)c1. The fraction of sp³-hybridized carbons (Fsp3) is 0.211. The van der Waals surface area contributed by atoms with E-state index in [-0.39, 0.29) is 4.90 Å². The first-order valence-corrected chi connectivity index (χ1v) is 9.80. The van der Waals surface area contributed by atoms with Crippen molar-refractivity contribution < 1.29 is 22.7 Å². The molecule has 2 N–H and O–H groups in total. The highest BCUT2D eigenvalue weighted by Gasteiger charge is 2.26. The molecule has 2 aromatic rings. The van der Waals surface area contributed by atoms with Crippen molar-refractivity contribution in [2.75, 3.05) is 5.32 Å². The fourth-order valence-electron chi connectivity index (χ4n) is 2.19. The summed E-state index contributed by atoms with van der Waals surface area (Å²) in [5, 5.41) is 11.4. The molecule has 0 aliphatic carbocycles. The van der Waals surface area contributed by atoms with Gasteiger partial charge in [0.1, 0.15) is 6.04 Å². The molecule has 0 bridgehead atoms. The molecule has 28 heavy (non-hydrogen) atoms. The Bertz CT molecular complexity index is 1000. The van der Waals surface area contributed by atoms with E-state index in [4.69, 9.17) is 10.00 Å². The van der Waals surface area contributed by atoms with Crippen molar-refractivity contribution in [3.8, 4) is 6.07 Å². The number of esters is 1. The van der Waals surface area contributed by atoms with Gasteiger partial charge in [0, 0.05) is 5.69 Å². The molecule has 2 aromatic carbocycles. The molecule has 2 atom stereocenters. The summed E-state index contributed by atoms with van der Waals surface area (Å²) in [4.78, 5) is 24.3. The normalized spacial score (nSPS) is 13.0. The summed E-state index contributed by atoms with van der Waals surface area (Å²) < 4.78 is 31.7. The molecule has 0 aliphatic rings. The highest BCUT2D eigenvalue weighted by atomic mass is 32.2. The van der Waals surface area contributed by atoms with E-state index in [1.54, 1.807) is 36.4 Å². The molecular weight excluding hydrogens is 382 g/mol. The van der Waals surface area contributed by atoms with Gasteiger partial charge in [0.15, 0.2) is 6.10 Å². The lowest BCUT2D eigenvalue weighted by molar-refractivity contribution is -0.154. The Morgan fingerprint density at radius 1 is 1.07 bits per heavy atom. The van der Waals surface area contributed by atoms with Crippen LogP contribution >= 0.6 is 0 Å².